The van der Waals surface area contributed by atoms with E-state index in [9.17, 15) is 14.3 Å². The second kappa shape index (κ2) is 10.7. The molecule has 0 bridgehead atoms. The normalized spacial score (nSPS) is 25.3. The molecule has 1 saturated heterocycles. The van der Waals surface area contributed by atoms with Crippen LogP contribution in [0.15, 0.2) is 24.3 Å². The van der Waals surface area contributed by atoms with Crippen LogP contribution in [-0.4, -0.2) is 55.1 Å². The smallest absolute Gasteiger partial charge is 0.338 e. The first-order valence-corrected chi connectivity index (χ1v) is 12.9. The van der Waals surface area contributed by atoms with Gasteiger partial charge in [-0.25, -0.2) is 4.79 Å². The third-order valence-electron chi connectivity index (χ3n) is 5.87. The van der Waals surface area contributed by atoms with Gasteiger partial charge in [0.1, 0.15) is 0 Å². The van der Waals surface area contributed by atoms with E-state index in [2.05, 4.69) is 5.32 Å². The quantitative estimate of drug-likeness (QED) is 0.491. The Hall–Kier alpha value is -1.20. The zero-order chi connectivity index (χ0) is 20.7. The Morgan fingerprint density at radius 2 is 1.93 bits per heavy atom. The van der Waals surface area contributed by atoms with Gasteiger partial charge in [-0.3, -0.25) is 4.57 Å². The number of benzene rings is 1. The predicted octanol–water partition coefficient (Wildman–Crippen LogP) is 3.61. The van der Waals surface area contributed by atoms with Crippen LogP contribution in [0.5, 0.6) is 0 Å². The van der Waals surface area contributed by atoms with Gasteiger partial charge < -0.3 is 19.7 Å². The summed E-state index contributed by atoms with van der Waals surface area (Å²) >= 11 is 0. The molecule has 2 fully saturated rings. The van der Waals surface area contributed by atoms with Crippen molar-refractivity contribution in [1.82, 2.24) is 5.32 Å². The van der Waals surface area contributed by atoms with Crippen molar-refractivity contribution in [3.63, 3.8) is 0 Å². The fraction of sp³-hybridized carbons (Fsp3) is 0.682. The highest BCUT2D eigenvalue weighted by Gasteiger charge is 2.31. The van der Waals surface area contributed by atoms with Crippen LogP contribution in [0, 0.1) is 5.92 Å². The fourth-order valence-electron chi connectivity index (χ4n) is 4.36. The summed E-state index contributed by atoms with van der Waals surface area (Å²) in [5.41, 5.74) is 1.67. The van der Waals surface area contributed by atoms with Gasteiger partial charge in [0.2, 0.25) is 7.37 Å². The lowest BCUT2D eigenvalue weighted by molar-refractivity contribution is 0.0162. The van der Waals surface area contributed by atoms with Crippen molar-refractivity contribution in [3.05, 3.63) is 35.4 Å². The molecule has 0 spiro atoms. The number of hydrogen-bond acceptors (Lipinski definition) is 5. The Kier molecular flexibility index (Phi) is 8.31. The summed E-state index contributed by atoms with van der Waals surface area (Å²) in [6.45, 7) is 3.28. The third kappa shape index (κ3) is 7.21. The molecule has 0 amide bonds. The summed E-state index contributed by atoms with van der Waals surface area (Å²) in [5.74, 6) is 0.101. The molecule has 1 heterocycles. The van der Waals surface area contributed by atoms with Crippen LogP contribution in [0.2, 0.25) is 0 Å². The lowest BCUT2D eigenvalue weighted by Gasteiger charge is -2.32. The van der Waals surface area contributed by atoms with Gasteiger partial charge in [0.15, 0.2) is 0 Å². The molecule has 162 valence electrons. The lowest BCUT2D eigenvalue weighted by Crippen LogP contribution is -2.48. The topological polar surface area (TPSA) is 84.9 Å². The predicted molar refractivity (Wildman–Crippen MR) is 114 cm³/mol. The highest BCUT2D eigenvalue weighted by molar-refractivity contribution is 7.58. The first kappa shape index (κ1) is 22.5. The van der Waals surface area contributed by atoms with E-state index < -0.39 is 7.37 Å². The number of ether oxygens (including phenoxy) is 2. The van der Waals surface area contributed by atoms with Crippen molar-refractivity contribution in [2.75, 3.05) is 32.1 Å². The second-order valence-corrected chi connectivity index (χ2v) is 10.8. The van der Waals surface area contributed by atoms with E-state index in [-0.39, 0.29) is 24.3 Å². The Morgan fingerprint density at radius 3 is 2.55 bits per heavy atom. The Morgan fingerprint density at radius 1 is 1.21 bits per heavy atom. The maximum atomic E-state index is 12.7. The molecule has 1 unspecified atom stereocenters. The zero-order valence-corrected chi connectivity index (χ0v) is 18.2. The first-order chi connectivity index (χ1) is 13.9. The molecule has 2 N–H and O–H groups in total. The van der Waals surface area contributed by atoms with Crippen LogP contribution in [0.4, 0.5) is 0 Å². The van der Waals surface area contributed by atoms with E-state index in [0.29, 0.717) is 37.4 Å². The molecule has 3 atom stereocenters. The molecule has 1 aromatic carbocycles. The molecular formula is C22H34NO5P. The van der Waals surface area contributed by atoms with Crippen molar-refractivity contribution < 1.29 is 23.7 Å². The van der Waals surface area contributed by atoms with Gasteiger partial charge in [0.05, 0.1) is 31.0 Å². The summed E-state index contributed by atoms with van der Waals surface area (Å²) in [6, 6.07) is 7.61. The maximum absolute atomic E-state index is 12.7. The van der Waals surface area contributed by atoms with Crippen molar-refractivity contribution in [2.24, 2.45) is 5.92 Å². The van der Waals surface area contributed by atoms with E-state index >= 15 is 0 Å². The highest BCUT2D eigenvalue weighted by Crippen LogP contribution is 2.46. The minimum absolute atomic E-state index is 0.163. The van der Waals surface area contributed by atoms with E-state index in [1.54, 1.807) is 19.1 Å². The standard InChI is InChI=1S/C22H34NO5P/c1-2-27-22(24)19-10-8-17(9-11-19)12-20-14-28-21(13-23-20)16-29(25,26)15-18-6-4-3-5-7-18/h8-11,18,20-21,23H,2-7,12-16H2,1H3,(H,25,26)/t20-,21-/m1/s1. The van der Waals surface area contributed by atoms with Crippen molar-refractivity contribution >= 4 is 13.3 Å². The molecule has 1 aliphatic heterocycles. The van der Waals surface area contributed by atoms with E-state index in [0.717, 1.165) is 24.8 Å². The van der Waals surface area contributed by atoms with Gasteiger partial charge in [-0.05, 0) is 49.8 Å². The minimum atomic E-state index is -3.15. The Balaban J connectivity index is 1.42. The molecule has 1 aromatic rings. The molecule has 2 aliphatic rings. The van der Waals surface area contributed by atoms with Gasteiger partial charge >= 0.3 is 5.97 Å². The number of rotatable bonds is 8. The minimum Gasteiger partial charge on any atom is -0.462 e. The summed E-state index contributed by atoms with van der Waals surface area (Å²) in [4.78, 5) is 22.2. The van der Waals surface area contributed by atoms with Crippen LogP contribution < -0.4 is 5.32 Å². The van der Waals surface area contributed by atoms with Crippen molar-refractivity contribution in [1.29, 1.82) is 0 Å². The number of carbonyl (C=O) groups excluding carboxylic acids is 1. The monoisotopic (exact) mass is 423 g/mol. The molecular weight excluding hydrogens is 389 g/mol. The average molecular weight is 423 g/mol. The summed E-state index contributed by atoms with van der Waals surface area (Å²) in [5, 5.41) is 3.45. The molecule has 0 radical (unpaired) electrons. The molecule has 0 aromatic heterocycles. The maximum Gasteiger partial charge on any atom is 0.338 e. The van der Waals surface area contributed by atoms with Crippen LogP contribution >= 0.6 is 7.37 Å². The third-order valence-corrected chi connectivity index (χ3v) is 7.94. The van der Waals surface area contributed by atoms with Crippen LogP contribution in [0.25, 0.3) is 0 Å². The van der Waals surface area contributed by atoms with E-state index in [1.807, 2.05) is 12.1 Å². The molecule has 1 saturated carbocycles. The molecule has 1 aliphatic carbocycles. The van der Waals surface area contributed by atoms with Crippen LogP contribution in [0.1, 0.15) is 54.9 Å². The van der Waals surface area contributed by atoms with E-state index in [4.69, 9.17) is 9.47 Å². The van der Waals surface area contributed by atoms with Crippen LogP contribution in [0.3, 0.4) is 0 Å². The van der Waals surface area contributed by atoms with Crippen molar-refractivity contribution in [2.45, 2.75) is 57.6 Å². The number of nitrogens with one attached hydrogen (secondary N) is 1. The Bertz CT molecular complexity index is 694. The van der Waals surface area contributed by atoms with Gasteiger partial charge in [-0.15, -0.1) is 0 Å². The molecule has 3 rings (SSSR count). The van der Waals surface area contributed by atoms with Gasteiger partial charge in [-0.2, -0.15) is 0 Å². The zero-order valence-electron chi connectivity index (χ0n) is 17.3. The van der Waals surface area contributed by atoms with Crippen LogP contribution in [-0.2, 0) is 20.5 Å². The van der Waals surface area contributed by atoms with Gasteiger partial charge in [0.25, 0.3) is 0 Å². The fourth-order valence-corrected chi connectivity index (χ4v) is 6.55. The largest absolute Gasteiger partial charge is 0.462 e. The van der Waals surface area contributed by atoms with Gasteiger partial charge in [0, 0.05) is 18.7 Å². The lowest BCUT2D eigenvalue weighted by atomic mass is 9.91. The average Bonchev–Trinajstić information content (AvgIpc) is 2.70. The summed E-state index contributed by atoms with van der Waals surface area (Å²) in [7, 11) is -3.15. The molecule has 7 heteroatoms. The number of morpholine rings is 1. The summed E-state index contributed by atoms with van der Waals surface area (Å²) < 4.78 is 23.6. The van der Waals surface area contributed by atoms with Gasteiger partial charge in [-0.1, -0.05) is 31.4 Å². The number of carbonyl (C=O) groups is 1. The molecule has 29 heavy (non-hydrogen) atoms. The number of esters is 1. The number of hydrogen-bond donors (Lipinski definition) is 2. The van der Waals surface area contributed by atoms with Crippen molar-refractivity contribution in [3.8, 4) is 0 Å². The van der Waals surface area contributed by atoms with E-state index in [1.165, 1.54) is 19.3 Å². The molecule has 6 nitrogen and oxygen atoms in total. The first-order valence-electron chi connectivity index (χ1n) is 10.9. The highest BCUT2D eigenvalue weighted by atomic mass is 31.2. The SMILES string of the molecule is CCOC(=O)c1ccc(C[C@@H]2CO[C@@H](CP(=O)(O)CC3CCCCC3)CN2)cc1. The Labute approximate surface area is 173 Å². The second-order valence-electron chi connectivity index (χ2n) is 8.40. The summed E-state index contributed by atoms with van der Waals surface area (Å²) in [6.07, 6.45) is 7.10.